The average Bonchev–Trinajstić information content (AvgIpc) is 4.32. The molecule has 1 aliphatic heterocycles. The van der Waals surface area contributed by atoms with Gasteiger partial charge in [-0.25, -0.2) is 8.78 Å². The van der Waals surface area contributed by atoms with Gasteiger partial charge in [-0.1, -0.05) is 110 Å². The van der Waals surface area contributed by atoms with E-state index in [1.54, 1.807) is 18.2 Å². The Morgan fingerprint density at radius 1 is 0.638 bits per heavy atom. The van der Waals surface area contributed by atoms with E-state index in [0.717, 1.165) is 94.3 Å². The van der Waals surface area contributed by atoms with Crippen LogP contribution >= 0.6 is 0 Å². The first-order chi connectivity index (χ1) is 33.2. The van der Waals surface area contributed by atoms with Crippen LogP contribution in [-0.2, 0) is 31.9 Å². The monoisotopic (exact) mass is 934 g/mol. The van der Waals surface area contributed by atoms with Gasteiger partial charge in [0.1, 0.15) is 29.2 Å². The van der Waals surface area contributed by atoms with E-state index in [0.29, 0.717) is 35.8 Å². The van der Waals surface area contributed by atoms with Gasteiger partial charge in [0.25, 0.3) is 0 Å². The largest absolute Gasteiger partial charge is 0.508 e. The molecule has 2 fully saturated rings. The lowest BCUT2D eigenvalue weighted by Crippen LogP contribution is -2.23. The molecule has 1 heterocycles. The van der Waals surface area contributed by atoms with E-state index in [1.807, 2.05) is 100 Å². The van der Waals surface area contributed by atoms with E-state index in [4.69, 9.17) is 14.2 Å². The second-order valence-corrected chi connectivity index (χ2v) is 19.5. The Labute approximate surface area is 405 Å². The molecule has 6 aromatic carbocycles. The summed E-state index contributed by atoms with van der Waals surface area (Å²) in [7, 11) is 2.87. The molecule has 9 rings (SSSR count). The molecule has 0 bridgehead atoms. The number of aryl methyl sites for hydroxylation is 4. The van der Waals surface area contributed by atoms with Crippen LogP contribution in [0.25, 0.3) is 22.3 Å². The third kappa shape index (κ3) is 11.6. The summed E-state index contributed by atoms with van der Waals surface area (Å²) >= 11 is 0. The van der Waals surface area contributed by atoms with Crippen molar-refractivity contribution in [2.75, 3.05) is 14.2 Å². The maximum atomic E-state index is 14.3. The van der Waals surface area contributed by atoms with E-state index >= 15 is 0 Å². The lowest BCUT2D eigenvalue weighted by atomic mass is 9.82. The van der Waals surface area contributed by atoms with Gasteiger partial charge in [0.15, 0.2) is 0 Å². The molecule has 0 radical (unpaired) electrons. The van der Waals surface area contributed by atoms with Gasteiger partial charge in [-0.15, -0.1) is 0 Å². The van der Waals surface area contributed by atoms with Gasteiger partial charge in [-0.2, -0.15) is 0 Å². The van der Waals surface area contributed by atoms with Crippen molar-refractivity contribution in [3.05, 3.63) is 177 Å². The number of carbonyl (C=O) groups excluding carboxylic acids is 2. The van der Waals surface area contributed by atoms with Gasteiger partial charge in [0, 0.05) is 11.1 Å². The number of ether oxygens (including phenoxy) is 3. The third-order valence-corrected chi connectivity index (χ3v) is 14.5. The van der Waals surface area contributed by atoms with Gasteiger partial charge >= 0.3 is 11.9 Å². The van der Waals surface area contributed by atoms with Crippen molar-refractivity contribution in [1.29, 1.82) is 0 Å². The fourth-order valence-electron chi connectivity index (χ4n) is 10.3. The number of hydrogen-bond donors (Lipinski definition) is 2. The zero-order valence-corrected chi connectivity index (χ0v) is 40.5. The molecule has 69 heavy (non-hydrogen) atoms. The fraction of sp³-hybridized carbons (Fsp3) is 0.367. The number of carbonyl (C=O) groups is 2. The third-order valence-electron chi connectivity index (χ3n) is 14.5. The molecule has 2 N–H and O–H groups in total. The smallest absolute Gasteiger partial charge is 0.309 e. The molecule has 7 nitrogen and oxygen atoms in total. The Kier molecular flexibility index (Phi) is 15.3. The normalized spacial score (nSPS) is 17.4. The molecule has 0 spiro atoms. The fourth-order valence-corrected chi connectivity index (χ4v) is 10.3. The zero-order chi connectivity index (χ0) is 48.9. The number of hydrogen-bond acceptors (Lipinski definition) is 7. The average molecular weight is 935 g/mol. The molecule has 6 atom stereocenters. The van der Waals surface area contributed by atoms with Crippen molar-refractivity contribution in [1.82, 2.24) is 0 Å². The standard InChI is InChI=1S/C30H33FO4.C30H31FO3/c1-18-4-14-26(31)25(16-18)20-5-7-21(8-6-20)27(32)15-13-22-9-12-24(17-28(22)33)29(23-10-11-23)19(2)30(34)35-3;1-18-4-14-26(31)25(16-18)20-5-7-21(8-6-20)27-15-13-22-9-12-24(17-28(22)34-27)29(23-10-11-23)19(2)30(32)33-3/h4-9,12,14,16-17,19,23,27,29,32-33H,10-11,13,15H2,1-3H3;4-9,12,14,16-17,19,23,27,29H,10-11,13,15H2,1-3H3/t19-,27+,29-;19-,27-,29-/m00/s1. The van der Waals surface area contributed by atoms with E-state index in [-0.39, 0.29) is 59.1 Å². The molecule has 0 unspecified atom stereocenters. The lowest BCUT2D eigenvalue weighted by Gasteiger charge is -2.29. The molecular weight excluding hydrogens is 871 g/mol. The van der Waals surface area contributed by atoms with Crippen molar-refractivity contribution in [3.63, 3.8) is 0 Å². The summed E-state index contributed by atoms with van der Waals surface area (Å²) in [4.78, 5) is 24.4. The van der Waals surface area contributed by atoms with Gasteiger partial charge < -0.3 is 24.4 Å². The molecule has 6 aromatic rings. The topological polar surface area (TPSA) is 102 Å². The van der Waals surface area contributed by atoms with Crippen LogP contribution in [0.3, 0.4) is 0 Å². The highest BCUT2D eigenvalue weighted by Crippen LogP contribution is 2.49. The Hall–Kier alpha value is -6.32. The zero-order valence-electron chi connectivity index (χ0n) is 40.5. The highest BCUT2D eigenvalue weighted by molar-refractivity contribution is 5.74. The minimum atomic E-state index is -0.705. The summed E-state index contributed by atoms with van der Waals surface area (Å²) in [6.45, 7) is 7.75. The van der Waals surface area contributed by atoms with Crippen LogP contribution in [-0.4, -0.2) is 36.4 Å². The summed E-state index contributed by atoms with van der Waals surface area (Å²) in [5.74, 6) is 0.938. The molecule has 0 aromatic heterocycles. The SMILES string of the molecule is COC(=O)[C@@H](C)[C@H](c1ccc(CC[C@@H](O)c2ccc(-c3cc(C)ccc3F)cc2)c(O)c1)C1CC1.COC(=O)[C@@H](C)[C@H](c1ccc2c(c1)O[C@H](c1ccc(-c3cc(C)ccc3F)cc1)CC2)C1CC1. The quantitative estimate of drug-likeness (QED) is 0.0989. The second kappa shape index (κ2) is 21.5. The Morgan fingerprint density at radius 2 is 1.13 bits per heavy atom. The molecule has 9 heteroatoms. The predicted molar refractivity (Wildman–Crippen MR) is 266 cm³/mol. The number of halogens is 2. The minimum Gasteiger partial charge on any atom is -0.508 e. The van der Waals surface area contributed by atoms with Crippen molar-refractivity contribution >= 4 is 11.9 Å². The Bertz CT molecular complexity index is 2760. The van der Waals surface area contributed by atoms with E-state index in [2.05, 4.69) is 18.2 Å². The second-order valence-electron chi connectivity index (χ2n) is 19.5. The number of esters is 2. The van der Waals surface area contributed by atoms with E-state index in [9.17, 15) is 28.6 Å². The summed E-state index contributed by atoms with van der Waals surface area (Å²) in [5.41, 5.74) is 10.7. The Balaban J connectivity index is 0.000000186. The van der Waals surface area contributed by atoms with Crippen LogP contribution in [0, 0.1) is 49.2 Å². The molecule has 2 saturated carbocycles. The van der Waals surface area contributed by atoms with Gasteiger partial charge in [-0.3, -0.25) is 9.59 Å². The highest BCUT2D eigenvalue weighted by Gasteiger charge is 2.41. The molecule has 0 amide bonds. The lowest BCUT2D eigenvalue weighted by molar-refractivity contribution is -0.146. The van der Waals surface area contributed by atoms with Gasteiger partial charge in [-0.05, 0) is 170 Å². The number of phenolic OH excluding ortho intramolecular Hbond substituents is 1. The number of rotatable bonds is 15. The Morgan fingerprint density at radius 3 is 1.64 bits per heavy atom. The predicted octanol–water partition coefficient (Wildman–Crippen LogP) is 13.6. The number of methoxy groups -OCH3 is 2. The van der Waals surface area contributed by atoms with Crippen molar-refractivity contribution < 1.29 is 42.8 Å². The van der Waals surface area contributed by atoms with Crippen LogP contribution in [0.2, 0.25) is 0 Å². The van der Waals surface area contributed by atoms with Crippen LogP contribution < -0.4 is 4.74 Å². The number of benzene rings is 6. The first kappa shape index (κ1) is 49.1. The summed E-state index contributed by atoms with van der Waals surface area (Å²) in [5, 5.41) is 21.4. The minimum absolute atomic E-state index is 0.0322. The summed E-state index contributed by atoms with van der Waals surface area (Å²) in [6.07, 6.45) is 6.50. The molecule has 360 valence electrons. The van der Waals surface area contributed by atoms with Crippen molar-refractivity contribution in [2.45, 2.75) is 103 Å². The first-order valence-corrected chi connectivity index (χ1v) is 24.4. The van der Waals surface area contributed by atoms with Gasteiger partial charge in [0.2, 0.25) is 0 Å². The van der Waals surface area contributed by atoms with Gasteiger partial charge in [0.05, 0.1) is 32.2 Å². The number of aromatic hydroxyl groups is 1. The van der Waals surface area contributed by atoms with Crippen LogP contribution in [0.15, 0.2) is 121 Å². The van der Waals surface area contributed by atoms with Crippen LogP contribution in [0.4, 0.5) is 8.78 Å². The highest BCUT2D eigenvalue weighted by atomic mass is 19.1. The number of phenols is 1. The molecule has 3 aliphatic rings. The van der Waals surface area contributed by atoms with Crippen molar-refractivity contribution in [3.8, 4) is 33.8 Å². The van der Waals surface area contributed by atoms with E-state index < -0.39 is 6.10 Å². The van der Waals surface area contributed by atoms with Crippen LogP contribution in [0.1, 0.15) is 121 Å². The maximum absolute atomic E-state index is 14.3. The van der Waals surface area contributed by atoms with Crippen molar-refractivity contribution in [2.24, 2.45) is 23.7 Å². The summed E-state index contributed by atoms with van der Waals surface area (Å²) < 4.78 is 45.0. The first-order valence-electron chi connectivity index (χ1n) is 24.4. The number of aliphatic hydroxyl groups is 1. The maximum Gasteiger partial charge on any atom is 0.309 e. The van der Waals surface area contributed by atoms with Crippen LogP contribution in [0.5, 0.6) is 11.5 Å². The summed E-state index contributed by atoms with van der Waals surface area (Å²) in [6, 6.07) is 37.6. The van der Waals surface area contributed by atoms with E-state index in [1.165, 1.54) is 31.9 Å². The number of fused-ring (bicyclic) bond motifs is 1. The molecular formula is C60H64F2O7. The molecule has 2 aliphatic carbocycles. The molecule has 0 saturated heterocycles. The number of aliphatic hydroxyl groups excluding tert-OH is 1.